The number of alkyl halides is 3. The average molecular weight is 360 g/mol. The SMILES string of the molecule is OCCc1cccc(-c2ccc(Oc3ccc(C(F)(F)F)cn3)cc2)n1. The van der Waals surface area contributed by atoms with Crippen LogP contribution in [-0.4, -0.2) is 21.7 Å². The molecule has 0 radical (unpaired) electrons. The highest BCUT2D eigenvalue weighted by Crippen LogP contribution is 2.30. The number of hydrogen-bond donors (Lipinski definition) is 1. The normalized spacial score (nSPS) is 11.4. The molecule has 3 aromatic rings. The summed E-state index contributed by atoms with van der Waals surface area (Å²) in [5.41, 5.74) is 1.58. The number of hydrogen-bond acceptors (Lipinski definition) is 4. The Hall–Kier alpha value is -2.93. The van der Waals surface area contributed by atoms with Gasteiger partial charge in [-0.2, -0.15) is 13.2 Å². The summed E-state index contributed by atoms with van der Waals surface area (Å²) in [5, 5.41) is 8.99. The lowest BCUT2D eigenvalue weighted by Gasteiger charge is -2.09. The van der Waals surface area contributed by atoms with Crippen LogP contribution in [0.25, 0.3) is 11.3 Å². The fourth-order valence-corrected chi connectivity index (χ4v) is 2.32. The second kappa shape index (κ2) is 7.53. The monoisotopic (exact) mass is 360 g/mol. The maximum Gasteiger partial charge on any atom is 0.417 e. The predicted octanol–water partition coefficient (Wildman–Crippen LogP) is 4.49. The molecule has 0 bridgehead atoms. The molecule has 4 nitrogen and oxygen atoms in total. The summed E-state index contributed by atoms with van der Waals surface area (Å²) < 4.78 is 43.1. The fourth-order valence-electron chi connectivity index (χ4n) is 2.32. The van der Waals surface area contributed by atoms with Gasteiger partial charge in [-0.1, -0.05) is 6.07 Å². The Balaban J connectivity index is 1.73. The Morgan fingerprint density at radius 2 is 1.73 bits per heavy atom. The Labute approximate surface area is 147 Å². The molecule has 0 atom stereocenters. The molecule has 1 N–H and O–H groups in total. The number of benzene rings is 1. The molecule has 0 aliphatic heterocycles. The van der Waals surface area contributed by atoms with E-state index in [2.05, 4.69) is 9.97 Å². The lowest BCUT2D eigenvalue weighted by atomic mass is 10.1. The molecule has 0 unspecified atom stereocenters. The van der Waals surface area contributed by atoms with Gasteiger partial charge in [-0.05, 0) is 42.5 Å². The van der Waals surface area contributed by atoms with Crippen molar-refractivity contribution >= 4 is 0 Å². The van der Waals surface area contributed by atoms with Crippen molar-refractivity contribution in [2.75, 3.05) is 6.61 Å². The Bertz CT molecular complexity index is 863. The quantitative estimate of drug-likeness (QED) is 0.728. The third kappa shape index (κ3) is 4.37. The number of rotatable bonds is 5. The van der Waals surface area contributed by atoms with Crippen LogP contribution >= 0.6 is 0 Å². The van der Waals surface area contributed by atoms with Crippen molar-refractivity contribution in [2.45, 2.75) is 12.6 Å². The van der Waals surface area contributed by atoms with E-state index in [0.29, 0.717) is 12.2 Å². The second-order valence-corrected chi connectivity index (χ2v) is 5.50. The van der Waals surface area contributed by atoms with E-state index in [1.807, 2.05) is 18.2 Å². The first-order chi connectivity index (χ1) is 12.5. The van der Waals surface area contributed by atoms with Crippen molar-refractivity contribution in [2.24, 2.45) is 0 Å². The number of aliphatic hydroxyl groups excluding tert-OH is 1. The van der Waals surface area contributed by atoms with Crippen LogP contribution in [0, 0.1) is 0 Å². The molecule has 0 saturated carbocycles. The van der Waals surface area contributed by atoms with Crippen LogP contribution in [0.2, 0.25) is 0 Å². The van der Waals surface area contributed by atoms with Gasteiger partial charge < -0.3 is 9.84 Å². The van der Waals surface area contributed by atoms with Gasteiger partial charge in [-0.3, -0.25) is 4.98 Å². The standard InChI is InChI=1S/C19H15F3N2O2/c20-19(21,22)14-6-9-18(23-12-14)26-16-7-4-13(5-8-16)17-3-1-2-15(24-17)10-11-25/h1-9,12,25H,10-11H2. The molecular formula is C19H15F3N2O2. The molecule has 26 heavy (non-hydrogen) atoms. The van der Waals surface area contributed by atoms with Gasteiger partial charge in [0.1, 0.15) is 5.75 Å². The molecule has 0 aliphatic rings. The summed E-state index contributed by atoms with van der Waals surface area (Å²) >= 11 is 0. The topological polar surface area (TPSA) is 55.2 Å². The summed E-state index contributed by atoms with van der Waals surface area (Å²) in [4.78, 5) is 8.13. The first-order valence-electron chi connectivity index (χ1n) is 7.84. The number of pyridine rings is 2. The molecule has 134 valence electrons. The number of nitrogens with zero attached hydrogens (tertiary/aromatic N) is 2. The van der Waals surface area contributed by atoms with E-state index in [0.717, 1.165) is 29.2 Å². The Morgan fingerprint density at radius 1 is 0.962 bits per heavy atom. The van der Waals surface area contributed by atoms with E-state index >= 15 is 0 Å². The van der Waals surface area contributed by atoms with Gasteiger partial charge in [0.2, 0.25) is 5.88 Å². The molecule has 0 fully saturated rings. The number of aliphatic hydroxyl groups is 1. The minimum absolute atomic E-state index is 0.0311. The van der Waals surface area contributed by atoms with Gasteiger partial charge in [-0.15, -0.1) is 0 Å². The van der Waals surface area contributed by atoms with Gasteiger partial charge >= 0.3 is 6.18 Å². The van der Waals surface area contributed by atoms with Crippen LogP contribution in [0.3, 0.4) is 0 Å². The van der Waals surface area contributed by atoms with Crippen molar-refractivity contribution in [3.05, 3.63) is 72.1 Å². The van der Waals surface area contributed by atoms with Gasteiger partial charge in [-0.25, -0.2) is 4.98 Å². The van der Waals surface area contributed by atoms with Crippen LogP contribution in [0.1, 0.15) is 11.3 Å². The molecule has 0 spiro atoms. The van der Waals surface area contributed by atoms with Crippen LogP contribution in [0.15, 0.2) is 60.8 Å². The zero-order chi connectivity index (χ0) is 18.6. The average Bonchev–Trinajstić information content (AvgIpc) is 2.63. The molecule has 7 heteroatoms. The van der Waals surface area contributed by atoms with Crippen LogP contribution in [0.5, 0.6) is 11.6 Å². The maximum absolute atomic E-state index is 12.5. The van der Waals surface area contributed by atoms with E-state index < -0.39 is 11.7 Å². The van der Waals surface area contributed by atoms with E-state index in [1.54, 1.807) is 24.3 Å². The van der Waals surface area contributed by atoms with Gasteiger partial charge in [0.05, 0.1) is 11.3 Å². The van der Waals surface area contributed by atoms with Crippen molar-refractivity contribution < 1.29 is 23.0 Å². The predicted molar refractivity (Wildman–Crippen MR) is 89.8 cm³/mol. The zero-order valence-corrected chi connectivity index (χ0v) is 13.6. The minimum atomic E-state index is -4.43. The molecule has 2 heterocycles. The summed E-state index contributed by atoms with van der Waals surface area (Å²) in [6.07, 6.45) is -3.21. The highest BCUT2D eigenvalue weighted by molar-refractivity contribution is 5.60. The Morgan fingerprint density at radius 3 is 2.35 bits per heavy atom. The summed E-state index contributed by atoms with van der Waals surface area (Å²) in [7, 11) is 0. The van der Waals surface area contributed by atoms with Crippen LogP contribution in [-0.2, 0) is 12.6 Å². The van der Waals surface area contributed by atoms with E-state index in [-0.39, 0.29) is 12.5 Å². The molecule has 3 rings (SSSR count). The van der Waals surface area contributed by atoms with Crippen LogP contribution < -0.4 is 4.74 Å². The Kier molecular flexibility index (Phi) is 5.18. The smallest absolute Gasteiger partial charge is 0.417 e. The van der Waals surface area contributed by atoms with E-state index in [4.69, 9.17) is 9.84 Å². The first kappa shape index (κ1) is 17.9. The molecular weight excluding hydrogens is 345 g/mol. The summed E-state index contributed by atoms with van der Waals surface area (Å²) in [6.45, 7) is 0.0311. The maximum atomic E-state index is 12.5. The van der Waals surface area contributed by atoms with Crippen LogP contribution in [0.4, 0.5) is 13.2 Å². The fraction of sp³-hybridized carbons (Fsp3) is 0.158. The lowest BCUT2D eigenvalue weighted by molar-refractivity contribution is -0.137. The number of aromatic nitrogens is 2. The molecule has 0 saturated heterocycles. The number of halogens is 3. The molecule has 0 aliphatic carbocycles. The number of ether oxygens (including phenoxy) is 1. The summed E-state index contributed by atoms with van der Waals surface area (Å²) in [5.74, 6) is 0.529. The highest BCUT2D eigenvalue weighted by Gasteiger charge is 2.30. The van der Waals surface area contributed by atoms with Crippen molar-refractivity contribution in [1.82, 2.24) is 9.97 Å². The van der Waals surface area contributed by atoms with Gasteiger partial charge in [0.15, 0.2) is 0 Å². The molecule has 0 amide bonds. The first-order valence-corrected chi connectivity index (χ1v) is 7.84. The van der Waals surface area contributed by atoms with E-state index in [1.165, 1.54) is 6.07 Å². The minimum Gasteiger partial charge on any atom is -0.439 e. The highest BCUT2D eigenvalue weighted by atomic mass is 19.4. The van der Waals surface area contributed by atoms with E-state index in [9.17, 15) is 13.2 Å². The summed E-state index contributed by atoms with van der Waals surface area (Å²) in [6, 6.07) is 14.6. The van der Waals surface area contributed by atoms with Crippen molar-refractivity contribution in [3.8, 4) is 22.9 Å². The lowest BCUT2D eigenvalue weighted by Crippen LogP contribution is -2.05. The molecule has 2 aromatic heterocycles. The van der Waals surface area contributed by atoms with Crippen molar-refractivity contribution in [3.63, 3.8) is 0 Å². The van der Waals surface area contributed by atoms with Gasteiger partial charge in [0, 0.05) is 36.5 Å². The third-order valence-corrected chi connectivity index (χ3v) is 3.61. The second-order valence-electron chi connectivity index (χ2n) is 5.50. The van der Waals surface area contributed by atoms with Gasteiger partial charge in [0.25, 0.3) is 0 Å². The molecule has 1 aromatic carbocycles. The zero-order valence-electron chi connectivity index (χ0n) is 13.6. The largest absolute Gasteiger partial charge is 0.439 e. The van der Waals surface area contributed by atoms with Crippen molar-refractivity contribution in [1.29, 1.82) is 0 Å². The third-order valence-electron chi connectivity index (χ3n) is 3.61.